The highest BCUT2D eigenvalue weighted by Gasteiger charge is 2.70. The third-order valence-corrected chi connectivity index (χ3v) is 5.93. The molecule has 0 aromatic rings. The summed E-state index contributed by atoms with van der Waals surface area (Å²) in [5.74, 6) is -0.869. The second-order valence-electron chi connectivity index (χ2n) is 8.08. The van der Waals surface area contributed by atoms with Crippen molar-refractivity contribution < 1.29 is 19.0 Å². The Morgan fingerprint density at radius 1 is 1.16 bits per heavy atom. The van der Waals surface area contributed by atoms with E-state index in [-0.39, 0.29) is 24.1 Å². The van der Waals surface area contributed by atoms with Crippen LogP contribution in [0, 0.1) is 5.92 Å². The van der Waals surface area contributed by atoms with E-state index < -0.39 is 5.79 Å². The highest BCUT2D eigenvalue weighted by Crippen LogP contribution is 2.56. The summed E-state index contributed by atoms with van der Waals surface area (Å²) in [6.45, 7) is 7.66. The van der Waals surface area contributed by atoms with Crippen molar-refractivity contribution in [2.45, 2.75) is 109 Å². The van der Waals surface area contributed by atoms with Crippen LogP contribution in [0.1, 0.15) is 84.5 Å². The average Bonchev–Trinajstić information content (AvgIpc) is 3.48. The average molecular weight is 350 g/mol. The summed E-state index contributed by atoms with van der Waals surface area (Å²) in [4.78, 5) is 12.1. The normalized spacial score (nSPS) is 35.8. The molecule has 2 aliphatic heterocycles. The molecule has 5 atom stereocenters. The van der Waals surface area contributed by atoms with Crippen LogP contribution < -0.4 is 0 Å². The molecule has 2 heterocycles. The van der Waals surface area contributed by atoms with Crippen LogP contribution >= 0.6 is 0 Å². The van der Waals surface area contributed by atoms with Crippen LogP contribution in [0.15, 0.2) is 12.2 Å². The molecule has 0 radical (unpaired) electrons. The Labute approximate surface area is 152 Å². The quantitative estimate of drug-likeness (QED) is 0.230. The molecule has 0 N–H and O–H groups in total. The van der Waals surface area contributed by atoms with Gasteiger partial charge >= 0.3 is 5.97 Å². The summed E-state index contributed by atoms with van der Waals surface area (Å²) in [6, 6.07) is 0. The lowest BCUT2D eigenvalue weighted by molar-refractivity contribution is -0.161. The van der Waals surface area contributed by atoms with Crippen LogP contribution in [0.4, 0.5) is 0 Å². The van der Waals surface area contributed by atoms with Gasteiger partial charge in [0.1, 0.15) is 6.10 Å². The van der Waals surface area contributed by atoms with Gasteiger partial charge in [0.2, 0.25) is 5.79 Å². The van der Waals surface area contributed by atoms with Gasteiger partial charge in [0, 0.05) is 5.57 Å². The summed E-state index contributed by atoms with van der Waals surface area (Å²) in [6.07, 6.45) is 13.9. The molecular formula is C21H34O4. The van der Waals surface area contributed by atoms with E-state index in [0.717, 1.165) is 32.1 Å². The summed E-state index contributed by atoms with van der Waals surface area (Å²) in [7, 11) is 0. The smallest absolute Gasteiger partial charge is 0.335 e. The highest BCUT2D eigenvalue weighted by atomic mass is 16.8. The van der Waals surface area contributed by atoms with E-state index in [1.54, 1.807) is 6.92 Å². The van der Waals surface area contributed by atoms with Gasteiger partial charge in [-0.1, -0.05) is 64.9 Å². The third-order valence-electron chi connectivity index (χ3n) is 5.93. The molecule has 0 aromatic heterocycles. The zero-order chi connectivity index (χ0) is 17.9. The molecule has 4 nitrogen and oxygen atoms in total. The van der Waals surface area contributed by atoms with Crippen LogP contribution in [-0.2, 0) is 19.0 Å². The highest BCUT2D eigenvalue weighted by molar-refractivity contribution is 5.87. The molecule has 5 unspecified atom stereocenters. The summed E-state index contributed by atoms with van der Waals surface area (Å²) in [5.41, 5.74) is 0.439. The topological polar surface area (TPSA) is 51.4 Å². The van der Waals surface area contributed by atoms with Gasteiger partial charge in [-0.05, 0) is 26.2 Å². The monoisotopic (exact) mass is 350 g/mol. The second kappa shape index (κ2) is 8.22. The first-order valence-electron chi connectivity index (χ1n) is 10.3. The molecule has 0 aromatic carbocycles. The number of carbonyl (C=O) groups excluding carboxylic acids is 1. The summed E-state index contributed by atoms with van der Waals surface area (Å²) in [5, 5.41) is 0. The van der Waals surface area contributed by atoms with Gasteiger partial charge in [0.25, 0.3) is 0 Å². The Morgan fingerprint density at radius 2 is 1.88 bits per heavy atom. The maximum absolute atomic E-state index is 12.1. The van der Waals surface area contributed by atoms with Crippen LogP contribution in [0.2, 0.25) is 0 Å². The Hall–Kier alpha value is -0.870. The van der Waals surface area contributed by atoms with Crippen LogP contribution in [0.3, 0.4) is 0 Å². The van der Waals surface area contributed by atoms with E-state index in [1.807, 2.05) is 0 Å². The Morgan fingerprint density at radius 3 is 2.60 bits per heavy atom. The SMILES string of the molecule is C=C(C)C(=O)OC1(C2CCCC3OC32)OC1CCCCCCCCC. The minimum atomic E-state index is -0.738. The van der Waals surface area contributed by atoms with E-state index in [4.69, 9.17) is 14.2 Å². The lowest BCUT2D eigenvalue weighted by Crippen LogP contribution is -2.38. The Balaban J connectivity index is 1.48. The zero-order valence-electron chi connectivity index (χ0n) is 15.9. The van der Waals surface area contributed by atoms with Crippen LogP contribution in [0.5, 0.6) is 0 Å². The number of unbranched alkanes of at least 4 members (excludes halogenated alkanes) is 6. The van der Waals surface area contributed by atoms with E-state index in [0.29, 0.717) is 11.7 Å². The fourth-order valence-corrected chi connectivity index (χ4v) is 4.33. The van der Waals surface area contributed by atoms with Crippen molar-refractivity contribution >= 4 is 5.97 Å². The van der Waals surface area contributed by atoms with Crippen molar-refractivity contribution in [1.29, 1.82) is 0 Å². The first kappa shape index (κ1) is 18.9. The van der Waals surface area contributed by atoms with Crippen molar-refractivity contribution in [3.05, 3.63) is 12.2 Å². The predicted molar refractivity (Wildman–Crippen MR) is 97.1 cm³/mol. The van der Waals surface area contributed by atoms with Gasteiger partial charge < -0.3 is 14.2 Å². The molecule has 0 amide bonds. The molecule has 3 fully saturated rings. The molecule has 3 aliphatic rings. The first-order valence-corrected chi connectivity index (χ1v) is 10.3. The summed E-state index contributed by atoms with van der Waals surface area (Å²) < 4.78 is 17.7. The van der Waals surface area contributed by atoms with E-state index in [9.17, 15) is 4.79 Å². The van der Waals surface area contributed by atoms with Gasteiger partial charge in [-0.2, -0.15) is 0 Å². The molecule has 142 valence electrons. The second-order valence-corrected chi connectivity index (χ2v) is 8.08. The minimum absolute atomic E-state index is 0.0411. The molecule has 1 saturated carbocycles. The Kier molecular flexibility index (Phi) is 6.21. The van der Waals surface area contributed by atoms with Crippen molar-refractivity contribution in [3.8, 4) is 0 Å². The van der Waals surface area contributed by atoms with Crippen LogP contribution in [0.25, 0.3) is 0 Å². The van der Waals surface area contributed by atoms with Crippen molar-refractivity contribution in [3.63, 3.8) is 0 Å². The summed E-state index contributed by atoms with van der Waals surface area (Å²) >= 11 is 0. The molecule has 4 heteroatoms. The molecule has 0 spiro atoms. The first-order chi connectivity index (χ1) is 12.1. The number of rotatable bonds is 11. The minimum Gasteiger partial charge on any atom is -0.426 e. The fourth-order valence-electron chi connectivity index (χ4n) is 4.33. The van der Waals surface area contributed by atoms with E-state index >= 15 is 0 Å². The van der Waals surface area contributed by atoms with Gasteiger partial charge in [0.15, 0.2) is 0 Å². The molecule has 3 rings (SSSR count). The number of hydrogen-bond donors (Lipinski definition) is 0. The van der Waals surface area contributed by atoms with Gasteiger partial charge in [-0.15, -0.1) is 0 Å². The molecule has 2 saturated heterocycles. The number of hydrogen-bond acceptors (Lipinski definition) is 4. The number of esters is 1. The van der Waals surface area contributed by atoms with E-state index in [1.165, 1.54) is 38.5 Å². The van der Waals surface area contributed by atoms with Gasteiger partial charge in [0.05, 0.1) is 18.1 Å². The largest absolute Gasteiger partial charge is 0.426 e. The van der Waals surface area contributed by atoms with Crippen molar-refractivity contribution in [1.82, 2.24) is 0 Å². The number of epoxide rings is 2. The van der Waals surface area contributed by atoms with Gasteiger partial charge in [-0.25, -0.2) is 4.79 Å². The van der Waals surface area contributed by atoms with E-state index in [2.05, 4.69) is 13.5 Å². The number of carbonyl (C=O) groups is 1. The van der Waals surface area contributed by atoms with Crippen LogP contribution in [-0.4, -0.2) is 30.1 Å². The lowest BCUT2D eigenvalue weighted by atomic mass is 9.83. The standard InChI is InChI=1S/C21H34O4/c1-4-5-6-7-8-9-10-14-18-21(24-18,25-20(22)15(2)3)16-12-11-13-17-19(16)23-17/h16-19H,2,4-14H2,1,3H3. The maximum Gasteiger partial charge on any atom is 0.335 e. The molecular weight excluding hydrogens is 316 g/mol. The molecule has 0 bridgehead atoms. The molecule has 25 heavy (non-hydrogen) atoms. The maximum atomic E-state index is 12.1. The Bertz CT molecular complexity index is 488. The molecule has 1 aliphatic carbocycles. The van der Waals surface area contributed by atoms with Crippen molar-refractivity contribution in [2.75, 3.05) is 0 Å². The van der Waals surface area contributed by atoms with Gasteiger partial charge in [-0.3, -0.25) is 0 Å². The number of fused-ring (bicyclic) bond motifs is 1. The lowest BCUT2D eigenvalue weighted by Gasteiger charge is -2.26. The number of ether oxygens (including phenoxy) is 3. The predicted octanol–water partition coefficient (Wildman–Crippen LogP) is 4.91. The third kappa shape index (κ3) is 4.46. The van der Waals surface area contributed by atoms with Crippen molar-refractivity contribution in [2.24, 2.45) is 5.92 Å². The fraction of sp³-hybridized carbons (Fsp3) is 0.857. The zero-order valence-corrected chi connectivity index (χ0v) is 15.9.